The van der Waals surface area contributed by atoms with Gasteiger partial charge in [0.15, 0.2) is 0 Å². The summed E-state index contributed by atoms with van der Waals surface area (Å²) < 4.78 is 4.79. The molecule has 1 heterocycles. The Kier molecular flexibility index (Phi) is 6.36. The van der Waals surface area contributed by atoms with Gasteiger partial charge in [-0.05, 0) is 44.0 Å². The number of ether oxygens (including phenoxy) is 1. The largest absolute Gasteiger partial charge is 0.466 e. The number of hydrogen-bond donors (Lipinski definition) is 2. The van der Waals surface area contributed by atoms with Crippen LogP contribution in [0.2, 0.25) is 0 Å². The van der Waals surface area contributed by atoms with E-state index in [9.17, 15) is 15.0 Å². The van der Waals surface area contributed by atoms with Crippen LogP contribution in [0.25, 0.3) is 0 Å². The second kappa shape index (κ2) is 8.27. The molecule has 1 aliphatic rings. The summed E-state index contributed by atoms with van der Waals surface area (Å²) in [5, 5.41) is 20.2. The molecule has 1 aliphatic heterocycles. The number of likely N-dealkylation sites (tertiary alicyclic amines) is 1. The fourth-order valence-corrected chi connectivity index (χ4v) is 2.80. The van der Waals surface area contributed by atoms with E-state index >= 15 is 0 Å². The SMILES string of the molecule is CCOC(=O)CC(O)C(O)c1cccc(CN2CCCC2)c1. The van der Waals surface area contributed by atoms with Gasteiger partial charge >= 0.3 is 5.97 Å². The van der Waals surface area contributed by atoms with Crippen LogP contribution in [0.1, 0.15) is 43.4 Å². The van der Waals surface area contributed by atoms with Gasteiger partial charge in [-0.15, -0.1) is 0 Å². The minimum Gasteiger partial charge on any atom is -0.466 e. The molecule has 0 aliphatic carbocycles. The summed E-state index contributed by atoms with van der Waals surface area (Å²) in [5.74, 6) is -0.498. The van der Waals surface area contributed by atoms with E-state index < -0.39 is 18.2 Å². The number of benzene rings is 1. The molecule has 122 valence electrons. The lowest BCUT2D eigenvalue weighted by Crippen LogP contribution is -2.23. The summed E-state index contributed by atoms with van der Waals surface area (Å²) in [7, 11) is 0. The number of aliphatic hydroxyl groups is 2. The third-order valence-electron chi connectivity index (χ3n) is 3.94. The van der Waals surface area contributed by atoms with Crippen molar-refractivity contribution in [2.75, 3.05) is 19.7 Å². The Morgan fingerprint density at radius 3 is 2.73 bits per heavy atom. The Morgan fingerprint density at radius 2 is 2.05 bits per heavy atom. The Hall–Kier alpha value is -1.43. The van der Waals surface area contributed by atoms with Crippen LogP contribution in [0.3, 0.4) is 0 Å². The Balaban J connectivity index is 1.96. The number of hydrogen-bond acceptors (Lipinski definition) is 5. The number of rotatable bonds is 7. The molecule has 1 fully saturated rings. The van der Waals surface area contributed by atoms with Crippen LogP contribution >= 0.6 is 0 Å². The minimum atomic E-state index is -1.15. The zero-order chi connectivity index (χ0) is 15.9. The number of nitrogens with zero attached hydrogens (tertiary/aromatic N) is 1. The molecule has 1 saturated heterocycles. The molecular formula is C17H25NO4. The standard InChI is InChI=1S/C17H25NO4/c1-2-22-16(20)11-15(19)17(21)14-7-5-6-13(10-14)12-18-8-3-4-9-18/h5-7,10,15,17,19,21H,2-4,8-9,11-12H2,1H3. The van der Waals surface area contributed by atoms with E-state index in [1.807, 2.05) is 18.2 Å². The van der Waals surface area contributed by atoms with E-state index in [1.54, 1.807) is 13.0 Å². The Bertz CT molecular complexity index is 485. The van der Waals surface area contributed by atoms with Crippen molar-refractivity contribution in [3.63, 3.8) is 0 Å². The van der Waals surface area contributed by atoms with Crippen molar-refractivity contribution < 1.29 is 19.7 Å². The molecular weight excluding hydrogens is 282 g/mol. The van der Waals surface area contributed by atoms with Crippen LogP contribution in [0.15, 0.2) is 24.3 Å². The number of aliphatic hydroxyl groups excluding tert-OH is 2. The first kappa shape index (κ1) is 16.9. The highest BCUT2D eigenvalue weighted by Crippen LogP contribution is 2.22. The third-order valence-corrected chi connectivity index (χ3v) is 3.94. The first-order valence-electron chi connectivity index (χ1n) is 7.93. The quantitative estimate of drug-likeness (QED) is 0.749. The summed E-state index contributed by atoms with van der Waals surface area (Å²) in [4.78, 5) is 13.8. The highest BCUT2D eigenvalue weighted by atomic mass is 16.5. The molecule has 2 N–H and O–H groups in total. The summed E-state index contributed by atoms with van der Waals surface area (Å²) >= 11 is 0. The van der Waals surface area contributed by atoms with Crippen LogP contribution in [-0.4, -0.2) is 46.9 Å². The Morgan fingerprint density at radius 1 is 1.32 bits per heavy atom. The van der Waals surface area contributed by atoms with E-state index in [2.05, 4.69) is 4.90 Å². The predicted octanol–water partition coefficient (Wildman–Crippen LogP) is 1.63. The van der Waals surface area contributed by atoms with Gasteiger partial charge in [0.05, 0.1) is 19.1 Å². The molecule has 0 aromatic heterocycles. The van der Waals surface area contributed by atoms with E-state index in [4.69, 9.17) is 4.74 Å². The van der Waals surface area contributed by atoms with Crippen molar-refractivity contribution in [1.82, 2.24) is 4.90 Å². The van der Waals surface area contributed by atoms with Gasteiger partial charge in [-0.1, -0.05) is 24.3 Å². The summed E-state index contributed by atoms with van der Waals surface area (Å²) in [6, 6.07) is 7.57. The molecule has 0 radical (unpaired) electrons. The highest BCUT2D eigenvalue weighted by Gasteiger charge is 2.22. The number of carbonyl (C=O) groups excluding carboxylic acids is 1. The molecule has 1 aromatic carbocycles. The van der Waals surface area contributed by atoms with Gasteiger partial charge in [-0.3, -0.25) is 9.69 Å². The maximum Gasteiger partial charge on any atom is 0.308 e. The van der Waals surface area contributed by atoms with Crippen LogP contribution in [-0.2, 0) is 16.1 Å². The third kappa shape index (κ3) is 4.80. The Labute approximate surface area is 131 Å². The molecule has 5 nitrogen and oxygen atoms in total. The molecule has 1 aromatic rings. The van der Waals surface area contributed by atoms with Gasteiger partial charge in [0, 0.05) is 6.54 Å². The van der Waals surface area contributed by atoms with Crippen molar-refractivity contribution in [2.45, 2.75) is 44.9 Å². The van der Waals surface area contributed by atoms with Gasteiger partial charge in [0.25, 0.3) is 0 Å². The summed E-state index contributed by atoms with van der Waals surface area (Å²) in [5.41, 5.74) is 1.75. The van der Waals surface area contributed by atoms with Gasteiger partial charge in [-0.2, -0.15) is 0 Å². The molecule has 5 heteroatoms. The van der Waals surface area contributed by atoms with E-state index in [0.717, 1.165) is 25.2 Å². The van der Waals surface area contributed by atoms with Crippen molar-refractivity contribution in [2.24, 2.45) is 0 Å². The zero-order valence-corrected chi connectivity index (χ0v) is 13.1. The first-order valence-corrected chi connectivity index (χ1v) is 7.93. The van der Waals surface area contributed by atoms with E-state index in [-0.39, 0.29) is 13.0 Å². The fourth-order valence-electron chi connectivity index (χ4n) is 2.80. The second-order valence-corrected chi connectivity index (χ2v) is 5.75. The minimum absolute atomic E-state index is 0.203. The van der Waals surface area contributed by atoms with Gasteiger partial charge < -0.3 is 14.9 Å². The molecule has 0 amide bonds. The summed E-state index contributed by atoms with van der Waals surface area (Å²) in [6.07, 6.45) is 0.0379. The molecule has 0 spiro atoms. The highest BCUT2D eigenvalue weighted by molar-refractivity contribution is 5.70. The van der Waals surface area contributed by atoms with Gasteiger partial charge in [0.1, 0.15) is 6.10 Å². The lowest BCUT2D eigenvalue weighted by molar-refractivity contribution is -0.147. The maximum absolute atomic E-state index is 11.4. The zero-order valence-electron chi connectivity index (χ0n) is 13.1. The number of esters is 1. The van der Waals surface area contributed by atoms with Crippen LogP contribution in [0, 0.1) is 0 Å². The molecule has 0 saturated carbocycles. The fraction of sp³-hybridized carbons (Fsp3) is 0.588. The van der Waals surface area contributed by atoms with Gasteiger partial charge in [0.2, 0.25) is 0 Å². The molecule has 2 rings (SSSR count). The predicted molar refractivity (Wildman–Crippen MR) is 83.2 cm³/mol. The topological polar surface area (TPSA) is 70.0 Å². The van der Waals surface area contributed by atoms with Crippen molar-refractivity contribution in [3.05, 3.63) is 35.4 Å². The molecule has 2 unspecified atom stereocenters. The van der Waals surface area contributed by atoms with Crippen molar-refractivity contribution in [1.29, 1.82) is 0 Å². The van der Waals surface area contributed by atoms with E-state index in [1.165, 1.54) is 12.8 Å². The molecule has 0 bridgehead atoms. The maximum atomic E-state index is 11.4. The smallest absolute Gasteiger partial charge is 0.308 e. The molecule has 22 heavy (non-hydrogen) atoms. The second-order valence-electron chi connectivity index (χ2n) is 5.75. The van der Waals surface area contributed by atoms with E-state index in [0.29, 0.717) is 5.56 Å². The van der Waals surface area contributed by atoms with Gasteiger partial charge in [-0.25, -0.2) is 0 Å². The number of carbonyl (C=O) groups is 1. The normalized spacial score (nSPS) is 18.1. The average Bonchev–Trinajstić information content (AvgIpc) is 2.99. The lowest BCUT2D eigenvalue weighted by atomic mass is 10.00. The summed E-state index contributed by atoms with van der Waals surface area (Å²) in [6.45, 7) is 5.06. The van der Waals surface area contributed by atoms with Crippen molar-refractivity contribution >= 4 is 5.97 Å². The lowest BCUT2D eigenvalue weighted by Gasteiger charge is -2.19. The van der Waals surface area contributed by atoms with Crippen molar-refractivity contribution in [3.8, 4) is 0 Å². The first-order chi connectivity index (χ1) is 10.6. The van der Waals surface area contributed by atoms with Crippen LogP contribution < -0.4 is 0 Å². The van der Waals surface area contributed by atoms with Crippen LogP contribution in [0.5, 0.6) is 0 Å². The van der Waals surface area contributed by atoms with Crippen LogP contribution in [0.4, 0.5) is 0 Å². The average molecular weight is 307 g/mol. The molecule has 2 atom stereocenters. The monoisotopic (exact) mass is 307 g/mol.